The van der Waals surface area contributed by atoms with Crippen LogP contribution < -0.4 is 10.2 Å². The fraction of sp³-hybridized carbons (Fsp3) is 0.179. The Morgan fingerprint density at radius 3 is 2.25 bits per heavy atom. The number of nitrogens with zero attached hydrogens (tertiary/aromatic N) is 2. The summed E-state index contributed by atoms with van der Waals surface area (Å²) in [6.07, 6.45) is 3.17. The number of nitrogens with one attached hydrogen (secondary N) is 1. The molecule has 3 aromatic rings. The molecule has 2 aliphatic rings. The van der Waals surface area contributed by atoms with Crippen LogP contribution in [0.4, 0.5) is 17.1 Å². The molecule has 8 heteroatoms. The zero-order chi connectivity index (χ0) is 25.4. The molecule has 1 fully saturated rings. The molecule has 1 saturated heterocycles. The number of imide groups is 1. The summed E-state index contributed by atoms with van der Waals surface area (Å²) in [5.41, 5.74) is 4.10. The first kappa shape index (κ1) is 23.2. The number of anilines is 2. The molecule has 180 valence electrons. The smallest absolute Gasteiger partial charge is 0.269 e. The predicted molar refractivity (Wildman–Crippen MR) is 135 cm³/mol. The molecule has 1 heterocycles. The van der Waals surface area contributed by atoms with Crippen LogP contribution in [0.2, 0.25) is 0 Å². The van der Waals surface area contributed by atoms with Gasteiger partial charge in [0.25, 0.3) is 11.6 Å². The normalized spacial score (nSPS) is 19.0. The van der Waals surface area contributed by atoms with Crippen molar-refractivity contribution in [3.05, 3.63) is 100 Å². The van der Waals surface area contributed by atoms with Crippen molar-refractivity contribution < 1.29 is 19.3 Å². The Morgan fingerprint density at radius 2 is 1.58 bits per heavy atom. The standard InChI is InChI=1S/C28H23N3O5/c1-17-5-14-24-25(15-17)28(34)30(27(24)33)23-4-2-3-20(16-23)26(32)29-21-10-6-18(7-11-21)19-8-12-22(13-9-19)31(35)36/h2-13,16,24-25H,14-15H2,1H3,(H,29,32)/t24-,25-/m1/s1. The maximum atomic E-state index is 13.0. The molecule has 1 aliphatic heterocycles. The van der Waals surface area contributed by atoms with Crippen LogP contribution in [0.1, 0.15) is 30.1 Å². The number of hydrogen-bond acceptors (Lipinski definition) is 5. The summed E-state index contributed by atoms with van der Waals surface area (Å²) in [6, 6.07) is 19.9. The molecule has 0 saturated carbocycles. The summed E-state index contributed by atoms with van der Waals surface area (Å²) >= 11 is 0. The number of hydrogen-bond donors (Lipinski definition) is 1. The number of amides is 3. The van der Waals surface area contributed by atoms with Crippen molar-refractivity contribution in [3.8, 4) is 11.1 Å². The zero-order valence-corrected chi connectivity index (χ0v) is 19.5. The first-order valence-electron chi connectivity index (χ1n) is 11.6. The summed E-state index contributed by atoms with van der Waals surface area (Å²) < 4.78 is 0. The van der Waals surface area contributed by atoms with Crippen molar-refractivity contribution >= 4 is 34.8 Å². The highest BCUT2D eigenvalue weighted by Crippen LogP contribution is 2.39. The SMILES string of the molecule is CC1=CC[C@H]2C(=O)N(c3cccc(C(=O)Nc4ccc(-c5ccc([N+](=O)[O-])cc5)cc4)c3)C(=O)[C@@H]2C1. The molecule has 0 aromatic heterocycles. The summed E-state index contributed by atoms with van der Waals surface area (Å²) in [4.78, 5) is 50.5. The summed E-state index contributed by atoms with van der Waals surface area (Å²) in [6.45, 7) is 1.97. The Bertz CT molecular complexity index is 1410. The van der Waals surface area contributed by atoms with E-state index in [1.165, 1.54) is 17.0 Å². The summed E-state index contributed by atoms with van der Waals surface area (Å²) in [7, 11) is 0. The van der Waals surface area contributed by atoms with Crippen LogP contribution in [0.25, 0.3) is 11.1 Å². The van der Waals surface area contributed by atoms with E-state index in [1.54, 1.807) is 48.5 Å². The Balaban J connectivity index is 1.30. The van der Waals surface area contributed by atoms with Crippen molar-refractivity contribution in [2.75, 3.05) is 10.2 Å². The van der Waals surface area contributed by atoms with E-state index < -0.39 is 4.92 Å². The Morgan fingerprint density at radius 1 is 0.944 bits per heavy atom. The minimum Gasteiger partial charge on any atom is -0.322 e. The van der Waals surface area contributed by atoms with Gasteiger partial charge in [-0.15, -0.1) is 0 Å². The topological polar surface area (TPSA) is 110 Å². The molecule has 3 amide bonds. The van der Waals surface area contributed by atoms with Crippen LogP contribution in [-0.2, 0) is 9.59 Å². The average Bonchev–Trinajstić information content (AvgIpc) is 3.13. The van der Waals surface area contributed by atoms with Gasteiger partial charge in [-0.2, -0.15) is 0 Å². The van der Waals surface area contributed by atoms with Gasteiger partial charge in [0, 0.05) is 23.4 Å². The van der Waals surface area contributed by atoms with E-state index in [0.29, 0.717) is 29.8 Å². The molecule has 1 N–H and O–H groups in total. The number of carbonyl (C=O) groups excluding carboxylic acids is 3. The van der Waals surface area contributed by atoms with E-state index in [9.17, 15) is 24.5 Å². The Labute approximate surface area is 207 Å². The highest BCUT2D eigenvalue weighted by Gasteiger charge is 2.48. The lowest BCUT2D eigenvalue weighted by molar-refractivity contribution is -0.384. The van der Waals surface area contributed by atoms with Gasteiger partial charge in [0.15, 0.2) is 0 Å². The Hall–Kier alpha value is -4.59. The minimum absolute atomic E-state index is 0.0211. The van der Waals surface area contributed by atoms with Crippen LogP contribution in [-0.4, -0.2) is 22.6 Å². The number of fused-ring (bicyclic) bond motifs is 1. The van der Waals surface area contributed by atoms with Gasteiger partial charge in [-0.1, -0.05) is 29.8 Å². The van der Waals surface area contributed by atoms with Gasteiger partial charge in [-0.05, 0) is 73.4 Å². The maximum Gasteiger partial charge on any atom is 0.269 e. The quantitative estimate of drug-likeness (QED) is 0.228. The van der Waals surface area contributed by atoms with E-state index in [2.05, 4.69) is 5.32 Å². The number of nitro benzene ring substituents is 1. The maximum absolute atomic E-state index is 13.0. The van der Waals surface area contributed by atoms with E-state index >= 15 is 0 Å². The lowest BCUT2D eigenvalue weighted by Crippen LogP contribution is -2.31. The van der Waals surface area contributed by atoms with Crippen molar-refractivity contribution in [3.63, 3.8) is 0 Å². The van der Waals surface area contributed by atoms with Crippen LogP contribution in [0.15, 0.2) is 84.4 Å². The molecule has 2 atom stereocenters. The lowest BCUT2D eigenvalue weighted by atomic mass is 9.82. The minimum atomic E-state index is -0.446. The number of benzene rings is 3. The van der Waals surface area contributed by atoms with Crippen molar-refractivity contribution in [1.29, 1.82) is 0 Å². The zero-order valence-electron chi connectivity index (χ0n) is 19.5. The van der Waals surface area contributed by atoms with Gasteiger partial charge in [0.2, 0.25) is 11.8 Å². The van der Waals surface area contributed by atoms with Gasteiger partial charge in [-0.3, -0.25) is 29.4 Å². The molecule has 36 heavy (non-hydrogen) atoms. The highest BCUT2D eigenvalue weighted by atomic mass is 16.6. The van der Waals surface area contributed by atoms with E-state index in [0.717, 1.165) is 16.7 Å². The molecule has 0 spiro atoms. The highest BCUT2D eigenvalue weighted by molar-refractivity contribution is 6.22. The third-order valence-corrected chi connectivity index (χ3v) is 6.74. The third kappa shape index (κ3) is 4.29. The van der Waals surface area contributed by atoms with Crippen molar-refractivity contribution in [2.24, 2.45) is 11.8 Å². The second-order valence-electron chi connectivity index (χ2n) is 9.10. The van der Waals surface area contributed by atoms with Gasteiger partial charge in [0.1, 0.15) is 0 Å². The number of allylic oxidation sites excluding steroid dienone is 2. The second kappa shape index (κ2) is 9.22. The van der Waals surface area contributed by atoms with E-state index in [1.807, 2.05) is 25.1 Å². The predicted octanol–water partition coefficient (Wildman–Crippen LogP) is 5.36. The summed E-state index contributed by atoms with van der Waals surface area (Å²) in [5, 5.41) is 13.7. The second-order valence-corrected chi connectivity index (χ2v) is 9.10. The Kier molecular flexibility index (Phi) is 5.93. The third-order valence-electron chi connectivity index (χ3n) is 6.74. The van der Waals surface area contributed by atoms with Crippen molar-refractivity contribution in [2.45, 2.75) is 19.8 Å². The molecule has 8 nitrogen and oxygen atoms in total. The van der Waals surface area contributed by atoms with Crippen LogP contribution >= 0.6 is 0 Å². The molecular formula is C28H23N3O5. The monoisotopic (exact) mass is 481 g/mol. The number of rotatable bonds is 5. The molecule has 3 aromatic carbocycles. The average molecular weight is 482 g/mol. The molecule has 0 unspecified atom stereocenters. The van der Waals surface area contributed by atoms with Gasteiger partial charge in [0.05, 0.1) is 22.4 Å². The first-order valence-corrected chi connectivity index (χ1v) is 11.6. The van der Waals surface area contributed by atoms with Gasteiger partial charge in [-0.25, -0.2) is 0 Å². The molecule has 0 bridgehead atoms. The summed E-state index contributed by atoms with van der Waals surface area (Å²) in [5.74, 6) is -1.47. The van der Waals surface area contributed by atoms with E-state index in [-0.39, 0.29) is 35.2 Å². The van der Waals surface area contributed by atoms with Crippen molar-refractivity contribution in [1.82, 2.24) is 0 Å². The first-order chi connectivity index (χ1) is 17.3. The molecule has 5 rings (SSSR count). The van der Waals surface area contributed by atoms with Crippen LogP contribution in [0, 0.1) is 22.0 Å². The number of non-ortho nitro benzene ring substituents is 1. The molecular weight excluding hydrogens is 458 g/mol. The molecule has 0 radical (unpaired) electrons. The van der Waals surface area contributed by atoms with Gasteiger partial charge >= 0.3 is 0 Å². The molecule has 1 aliphatic carbocycles. The van der Waals surface area contributed by atoms with E-state index in [4.69, 9.17) is 0 Å². The lowest BCUT2D eigenvalue weighted by Gasteiger charge is -2.18. The fourth-order valence-electron chi connectivity index (χ4n) is 4.80. The largest absolute Gasteiger partial charge is 0.322 e. The fourth-order valence-corrected chi connectivity index (χ4v) is 4.80. The number of carbonyl (C=O) groups is 3. The number of nitro groups is 1. The van der Waals surface area contributed by atoms with Crippen LogP contribution in [0.3, 0.4) is 0 Å². The van der Waals surface area contributed by atoms with Gasteiger partial charge < -0.3 is 5.32 Å². The van der Waals surface area contributed by atoms with Crippen LogP contribution in [0.5, 0.6) is 0 Å².